The molecule has 1 aromatic carbocycles. The highest BCUT2D eigenvalue weighted by Gasteiger charge is 2.21. The monoisotopic (exact) mass is 246 g/mol. The van der Waals surface area contributed by atoms with Gasteiger partial charge in [0.25, 0.3) is 5.91 Å². The van der Waals surface area contributed by atoms with E-state index in [0.717, 1.165) is 51.0 Å². The lowest BCUT2D eigenvalue weighted by Gasteiger charge is -2.21. The van der Waals surface area contributed by atoms with E-state index in [0.29, 0.717) is 0 Å². The molecule has 1 aromatic rings. The third kappa shape index (κ3) is 3.10. The Morgan fingerprint density at radius 3 is 2.94 bits per heavy atom. The highest BCUT2D eigenvalue weighted by molar-refractivity contribution is 5.96. The Kier molecular flexibility index (Phi) is 4.76. The zero-order valence-electron chi connectivity index (χ0n) is 11.1. The van der Waals surface area contributed by atoms with Crippen molar-refractivity contribution < 1.29 is 4.79 Å². The Bertz CT molecular complexity index is 403. The maximum atomic E-state index is 12.4. The third-order valence-electron chi connectivity index (χ3n) is 3.39. The average Bonchev–Trinajstić information content (AvgIpc) is 2.56. The number of benzene rings is 1. The van der Waals surface area contributed by atoms with Crippen LogP contribution < -0.4 is 5.32 Å². The van der Waals surface area contributed by atoms with Gasteiger partial charge in [-0.25, -0.2) is 0 Å². The average molecular weight is 246 g/mol. The quantitative estimate of drug-likeness (QED) is 0.807. The zero-order valence-corrected chi connectivity index (χ0v) is 11.1. The molecule has 3 heteroatoms. The number of nitrogens with one attached hydrogen (secondary N) is 1. The van der Waals surface area contributed by atoms with Crippen molar-refractivity contribution in [2.24, 2.45) is 0 Å². The van der Waals surface area contributed by atoms with Crippen molar-refractivity contribution in [1.82, 2.24) is 10.2 Å². The van der Waals surface area contributed by atoms with Crippen LogP contribution in [0.5, 0.6) is 0 Å². The molecule has 0 radical (unpaired) electrons. The minimum atomic E-state index is 0.196. The summed E-state index contributed by atoms with van der Waals surface area (Å²) >= 11 is 0. The smallest absolute Gasteiger partial charge is 0.254 e. The van der Waals surface area contributed by atoms with Crippen LogP contribution in [0.3, 0.4) is 0 Å². The fourth-order valence-electron chi connectivity index (χ4n) is 2.41. The van der Waals surface area contributed by atoms with Gasteiger partial charge in [0.2, 0.25) is 0 Å². The van der Waals surface area contributed by atoms with Crippen molar-refractivity contribution in [3.05, 3.63) is 35.4 Å². The Balaban J connectivity index is 1.99. The van der Waals surface area contributed by atoms with Gasteiger partial charge in [-0.05, 0) is 37.4 Å². The third-order valence-corrected chi connectivity index (χ3v) is 3.39. The van der Waals surface area contributed by atoms with Gasteiger partial charge in [0.1, 0.15) is 0 Å². The van der Waals surface area contributed by atoms with Gasteiger partial charge in [-0.1, -0.05) is 25.1 Å². The fourth-order valence-corrected chi connectivity index (χ4v) is 2.41. The van der Waals surface area contributed by atoms with Crippen molar-refractivity contribution in [2.75, 3.05) is 26.2 Å². The van der Waals surface area contributed by atoms with E-state index in [1.165, 1.54) is 5.56 Å². The number of hydrogen-bond acceptors (Lipinski definition) is 2. The molecule has 0 aliphatic carbocycles. The Labute approximate surface area is 109 Å². The number of rotatable bonds is 5. The first kappa shape index (κ1) is 13.1. The predicted octanol–water partition coefficient (Wildman–Crippen LogP) is 2.07. The number of carbonyl (C=O) groups is 1. The van der Waals surface area contributed by atoms with E-state index in [4.69, 9.17) is 0 Å². The zero-order chi connectivity index (χ0) is 12.8. The standard InChI is InChI=1S/C15H22N2O/c1-2-9-16-10-12-17-11-5-7-13-6-3-4-8-14(13)15(17)18/h3-4,6,8,16H,2,5,7,9-12H2,1H3. The summed E-state index contributed by atoms with van der Waals surface area (Å²) in [5, 5.41) is 3.35. The summed E-state index contributed by atoms with van der Waals surface area (Å²) in [6.07, 6.45) is 3.22. The van der Waals surface area contributed by atoms with Crippen LogP contribution in [-0.4, -0.2) is 37.0 Å². The molecule has 0 fully saturated rings. The van der Waals surface area contributed by atoms with E-state index in [2.05, 4.69) is 18.3 Å². The largest absolute Gasteiger partial charge is 0.337 e. The summed E-state index contributed by atoms with van der Waals surface area (Å²) in [7, 11) is 0. The molecule has 0 spiro atoms. The van der Waals surface area contributed by atoms with Gasteiger partial charge in [0.05, 0.1) is 0 Å². The van der Waals surface area contributed by atoms with Crippen molar-refractivity contribution in [3.8, 4) is 0 Å². The molecule has 0 aromatic heterocycles. The minimum absolute atomic E-state index is 0.196. The molecule has 0 saturated carbocycles. The van der Waals surface area contributed by atoms with E-state index in [9.17, 15) is 4.79 Å². The molecule has 3 nitrogen and oxygen atoms in total. The normalized spacial score (nSPS) is 15.4. The predicted molar refractivity (Wildman–Crippen MR) is 73.8 cm³/mol. The number of fused-ring (bicyclic) bond motifs is 1. The van der Waals surface area contributed by atoms with Gasteiger partial charge in [0, 0.05) is 25.2 Å². The first-order chi connectivity index (χ1) is 8.83. The number of amides is 1. The summed E-state index contributed by atoms with van der Waals surface area (Å²) in [5.74, 6) is 0.196. The lowest BCUT2D eigenvalue weighted by molar-refractivity contribution is 0.0762. The lowest BCUT2D eigenvalue weighted by atomic mass is 10.0. The van der Waals surface area contributed by atoms with Gasteiger partial charge in [0.15, 0.2) is 0 Å². The van der Waals surface area contributed by atoms with Crippen molar-refractivity contribution in [1.29, 1.82) is 0 Å². The summed E-state index contributed by atoms with van der Waals surface area (Å²) < 4.78 is 0. The van der Waals surface area contributed by atoms with E-state index in [-0.39, 0.29) is 5.91 Å². The summed E-state index contributed by atoms with van der Waals surface area (Å²) in [6, 6.07) is 8.00. The van der Waals surface area contributed by atoms with E-state index in [1.54, 1.807) is 0 Å². The van der Waals surface area contributed by atoms with Crippen LogP contribution in [0.1, 0.15) is 35.7 Å². The molecular weight excluding hydrogens is 224 g/mol. The molecule has 1 N–H and O–H groups in total. The van der Waals surface area contributed by atoms with Crippen molar-refractivity contribution in [3.63, 3.8) is 0 Å². The Morgan fingerprint density at radius 2 is 2.11 bits per heavy atom. The van der Waals surface area contributed by atoms with Crippen LogP contribution in [0.25, 0.3) is 0 Å². The lowest BCUT2D eigenvalue weighted by Crippen LogP contribution is -2.37. The Morgan fingerprint density at radius 1 is 1.28 bits per heavy atom. The maximum Gasteiger partial charge on any atom is 0.254 e. The molecule has 18 heavy (non-hydrogen) atoms. The van der Waals surface area contributed by atoms with E-state index < -0.39 is 0 Å². The van der Waals surface area contributed by atoms with Crippen molar-refractivity contribution >= 4 is 5.91 Å². The molecule has 0 saturated heterocycles. The first-order valence-corrected chi connectivity index (χ1v) is 6.91. The second kappa shape index (κ2) is 6.55. The van der Waals surface area contributed by atoms with Gasteiger partial charge < -0.3 is 10.2 Å². The molecule has 0 bridgehead atoms. The molecule has 1 heterocycles. The highest BCUT2D eigenvalue weighted by Crippen LogP contribution is 2.17. The van der Waals surface area contributed by atoms with Crippen molar-refractivity contribution in [2.45, 2.75) is 26.2 Å². The van der Waals surface area contributed by atoms with Crippen LogP contribution >= 0.6 is 0 Å². The fraction of sp³-hybridized carbons (Fsp3) is 0.533. The minimum Gasteiger partial charge on any atom is -0.337 e. The topological polar surface area (TPSA) is 32.3 Å². The molecule has 2 rings (SSSR count). The maximum absolute atomic E-state index is 12.4. The molecule has 0 unspecified atom stereocenters. The second-order valence-electron chi connectivity index (χ2n) is 4.80. The number of carbonyl (C=O) groups excluding carboxylic acids is 1. The molecule has 1 aliphatic rings. The molecule has 0 atom stereocenters. The highest BCUT2D eigenvalue weighted by atomic mass is 16.2. The summed E-state index contributed by atoms with van der Waals surface area (Å²) in [5.41, 5.74) is 2.09. The number of nitrogens with zero attached hydrogens (tertiary/aromatic N) is 1. The number of hydrogen-bond donors (Lipinski definition) is 1. The summed E-state index contributed by atoms with van der Waals surface area (Å²) in [6.45, 7) is 5.76. The van der Waals surface area contributed by atoms with Gasteiger partial charge in [-0.2, -0.15) is 0 Å². The molecule has 1 aliphatic heterocycles. The van der Waals surface area contributed by atoms with Crippen LogP contribution in [0.15, 0.2) is 24.3 Å². The van der Waals surface area contributed by atoms with Crippen LogP contribution in [0, 0.1) is 0 Å². The van der Waals surface area contributed by atoms with Crippen LogP contribution in [0.2, 0.25) is 0 Å². The van der Waals surface area contributed by atoms with Crippen LogP contribution in [-0.2, 0) is 6.42 Å². The molecule has 98 valence electrons. The molecule has 1 amide bonds. The van der Waals surface area contributed by atoms with Gasteiger partial charge in [-0.3, -0.25) is 4.79 Å². The Hall–Kier alpha value is -1.35. The van der Waals surface area contributed by atoms with Gasteiger partial charge >= 0.3 is 0 Å². The van der Waals surface area contributed by atoms with E-state index >= 15 is 0 Å². The van der Waals surface area contributed by atoms with Crippen LogP contribution in [0.4, 0.5) is 0 Å². The SMILES string of the molecule is CCCNCCN1CCCc2ccccc2C1=O. The van der Waals surface area contributed by atoms with Gasteiger partial charge in [-0.15, -0.1) is 0 Å². The van der Waals surface area contributed by atoms with E-state index in [1.807, 2.05) is 23.1 Å². The first-order valence-electron chi connectivity index (χ1n) is 6.91. The number of aryl methyl sites for hydroxylation is 1. The second-order valence-corrected chi connectivity index (χ2v) is 4.80. The molecular formula is C15H22N2O. The summed E-state index contributed by atoms with van der Waals surface area (Å²) in [4.78, 5) is 14.4.